The van der Waals surface area contributed by atoms with Crippen molar-refractivity contribution >= 4 is 39.2 Å². The summed E-state index contributed by atoms with van der Waals surface area (Å²) in [5, 5.41) is 6.05. The van der Waals surface area contributed by atoms with Crippen LogP contribution in [0, 0.1) is 6.92 Å². The molecule has 6 heteroatoms. The van der Waals surface area contributed by atoms with Crippen LogP contribution in [0.4, 0.5) is 0 Å². The van der Waals surface area contributed by atoms with Crippen LogP contribution in [-0.2, 0) is 6.54 Å². The minimum absolute atomic E-state index is 0.176. The van der Waals surface area contributed by atoms with Gasteiger partial charge in [-0.15, -0.1) is 0 Å². The molecule has 0 unspecified atom stereocenters. The summed E-state index contributed by atoms with van der Waals surface area (Å²) in [5.41, 5.74) is 6.37. The molecule has 0 fully saturated rings. The summed E-state index contributed by atoms with van der Waals surface area (Å²) >= 11 is 0. The van der Waals surface area contributed by atoms with E-state index in [9.17, 15) is 9.59 Å². The van der Waals surface area contributed by atoms with Crippen molar-refractivity contribution in [2.75, 3.05) is 0 Å². The summed E-state index contributed by atoms with van der Waals surface area (Å²) in [6, 6.07) is 16.7. The van der Waals surface area contributed by atoms with Crippen molar-refractivity contribution in [1.82, 2.24) is 15.0 Å². The number of hydrogen-bond donors (Lipinski definition) is 1. The third-order valence-electron chi connectivity index (χ3n) is 5.41. The molecule has 0 spiro atoms. The van der Waals surface area contributed by atoms with E-state index in [1.54, 1.807) is 18.2 Å². The number of aryl methyl sites for hydroxylation is 2. The van der Waals surface area contributed by atoms with E-state index < -0.39 is 0 Å². The molecule has 6 nitrogen and oxygen atoms in total. The third-order valence-corrected chi connectivity index (χ3v) is 5.41. The Bertz CT molecular complexity index is 1360. The van der Waals surface area contributed by atoms with Gasteiger partial charge in [0.05, 0.1) is 11.0 Å². The lowest BCUT2D eigenvalue weighted by Gasteiger charge is -2.04. The maximum Gasteiger partial charge on any atom is 0.271 e. The van der Waals surface area contributed by atoms with E-state index in [1.165, 1.54) is 0 Å². The highest BCUT2D eigenvalue weighted by molar-refractivity contribution is 6.59. The molecule has 0 bridgehead atoms. The molecule has 0 radical (unpaired) electrons. The number of benzene rings is 3. The van der Waals surface area contributed by atoms with E-state index in [0.29, 0.717) is 11.1 Å². The van der Waals surface area contributed by atoms with Crippen LogP contribution in [0.2, 0.25) is 0 Å². The van der Waals surface area contributed by atoms with Crippen LogP contribution in [0.3, 0.4) is 0 Å². The van der Waals surface area contributed by atoms with E-state index in [2.05, 4.69) is 27.0 Å². The smallest absolute Gasteiger partial charge is 0.271 e. The van der Waals surface area contributed by atoms with Crippen LogP contribution in [0.25, 0.3) is 21.8 Å². The largest absolute Gasteiger partial charge is 0.329 e. The average Bonchev–Trinajstić information content (AvgIpc) is 3.20. The third kappa shape index (κ3) is 2.56. The fourth-order valence-corrected chi connectivity index (χ4v) is 4.05. The van der Waals surface area contributed by atoms with Gasteiger partial charge >= 0.3 is 0 Å². The van der Waals surface area contributed by atoms with E-state index in [0.717, 1.165) is 39.7 Å². The normalized spacial score (nSPS) is 14.3. The van der Waals surface area contributed by atoms with Crippen LogP contribution < -0.4 is 5.43 Å². The summed E-state index contributed by atoms with van der Waals surface area (Å²) in [6.45, 7) is 4.82. The highest BCUT2D eigenvalue weighted by atomic mass is 16.2. The maximum atomic E-state index is 12.8. The number of nitrogens with one attached hydrogen (secondary N) is 1. The Morgan fingerprint density at radius 2 is 1.86 bits per heavy atom. The predicted molar refractivity (Wildman–Crippen MR) is 112 cm³/mol. The number of fused-ring (bicyclic) bond motifs is 1. The molecule has 1 aromatic heterocycles. The monoisotopic (exact) mass is 382 g/mol. The van der Waals surface area contributed by atoms with Gasteiger partial charge in [-0.25, -0.2) is 10.4 Å². The standard InChI is InChI=1S/C23H18N4O2/c1-3-27-13(2)24-18-12-15(10-11-19(18)27)23(29)26-25-21-16-8-4-6-14-7-5-9-17(20(14)16)22(21)28/h4-12H,3H2,1-2H3,(H,26,29)/b25-21+. The van der Waals surface area contributed by atoms with Gasteiger partial charge in [-0.2, -0.15) is 5.10 Å². The molecule has 0 saturated heterocycles. The van der Waals surface area contributed by atoms with Crippen molar-refractivity contribution in [3.05, 3.63) is 77.1 Å². The van der Waals surface area contributed by atoms with E-state index in [-0.39, 0.29) is 17.4 Å². The fraction of sp³-hybridized carbons (Fsp3) is 0.130. The molecule has 0 saturated carbocycles. The number of carbonyl (C=O) groups is 2. The molecular formula is C23H18N4O2. The molecular weight excluding hydrogens is 364 g/mol. The highest BCUT2D eigenvalue weighted by Gasteiger charge is 2.29. The van der Waals surface area contributed by atoms with Crippen LogP contribution in [0.15, 0.2) is 59.7 Å². The first-order valence-corrected chi connectivity index (χ1v) is 9.50. The zero-order chi connectivity index (χ0) is 20.1. The van der Waals surface area contributed by atoms with Gasteiger partial charge in [0.25, 0.3) is 5.91 Å². The predicted octanol–water partition coefficient (Wildman–Crippen LogP) is 3.85. The summed E-state index contributed by atoms with van der Waals surface area (Å²) in [5.74, 6) is 0.353. The lowest BCUT2D eigenvalue weighted by Crippen LogP contribution is -2.22. The van der Waals surface area contributed by atoms with E-state index >= 15 is 0 Å². The first kappa shape index (κ1) is 17.3. The molecule has 1 N–H and O–H groups in total. The van der Waals surface area contributed by atoms with Crippen molar-refractivity contribution in [3.63, 3.8) is 0 Å². The quantitative estimate of drug-likeness (QED) is 0.547. The molecule has 3 aromatic carbocycles. The van der Waals surface area contributed by atoms with Crippen LogP contribution in [0.5, 0.6) is 0 Å². The van der Waals surface area contributed by atoms with Gasteiger partial charge < -0.3 is 4.57 Å². The van der Waals surface area contributed by atoms with Gasteiger partial charge in [0, 0.05) is 28.6 Å². The minimum Gasteiger partial charge on any atom is -0.329 e. The van der Waals surface area contributed by atoms with Crippen LogP contribution in [-0.4, -0.2) is 27.0 Å². The number of amides is 1. The van der Waals surface area contributed by atoms with Gasteiger partial charge in [0.1, 0.15) is 11.5 Å². The Morgan fingerprint density at radius 1 is 1.10 bits per heavy atom. The van der Waals surface area contributed by atoms with Gasteiger partial charge in [-0.3, -0.25) is 9.59 Å². The molecule has 1 amide bonds. The van der Waals surface area contributed by atoms with Crippen molar-refractivity contribution < 1.29 is 9.59 Å². The first-order valence-electron chi connectivity index (χ1n) is 9.50. The minimum atomic E-state index is -0.376. The van der Waals surface area contributed by atoms with Crippen LogP contribution >= 0.6 is 0 Å². The molecule has 0 atom stereocenters. The number of nitrogens with zero attached hydrogens (tertiary/aromatic N) is 3. The highest BCUT2D eigenvalue weighted by Crippen LogP contribution is 2.30. The molecule has 5 rings (SSSR count). The number of imidazole rings is 1. The van der Waals surface area contributed by atoms with Crippen molar-refractivity contribution in [2.45, 2.75) is 20.4 Å². The summed E-state index contributed by atoms with van der Waals surface area (Å²) in [7, 11) is 0. The Labute approximate surface area is 166 Å². The lowest BCUT2D eigenvalue weighted by atomic mass is 10.1. The number of Topliss-reactive ketones (excluding diaryl/α,β-unsaturated/α-hetero) is 1. The molecule has 1 aliphatic rings. The van der Waals surface area contributed by atoms with Gasteiger partial charge in [0.2, 0.25) is 5.78 Å². The number of carbonyl (C=O) groups excluding carboxylic acids is 2. The Balaban J connectivity index is 1.48. The van der Waals surface area contributed by atoms with Crippen LogP contribution in [0.1, 0.15) is 39.0 Å². The number of rotatable bonds is 3. The summed E-state index contributed by atoms with van der Waals surface area (Å²) in [4.78, 5) is 30.0. The number of hydrogen-bond acceptors (Lipinski definition) is 4. The zero-order valence-electron chi connectivity index (χ0n) is 16.1. The first-order chi connectivity index (χ1) is 14.1. The van der Waals surface area contributed by atoms with E-state index in [4.69, 9.17) is 0 Å². The molecule has 1 heterocycles. The van der Waals surface area contributed by atoms with Gasteiger partial charge in [-0.05, 0) is 37.4 Å². The van der Waals surface area contributed by atoms with E-state index in [1.807, 2.05) is 43.3 Å². The maximum absolute atomic E-state index is 12.8. The van der Waals surface area contributed by atoms with Crippen molar-refractivity contribution in [2.24, 2.45) is 5.10 Å². The molecule has 0 aliphatic heterocycles. The molecule has 1 aliphatic carbocycles. The Morgan fingerprint density at radius 3 is 2.62 bits per heavy atom. The second-order valence-electron chi connectivity index (χ2n) is 7.05. The molecule has 4 aromatic rings. The lowest BCUT2D eigenvalue weighted by molar-refractivity contribution is 0.0955. The summed E-state index contributed by atoms with van der Waals surface area (Å²) in [6.07, 6.45) is 0. The number of hydrazone groups is 1. The SMILES string of the molecule is CCn1c(C)nc2cc(C(=O)N/N=C3/C(=O)c4cccc5cccc3c45)ccc21. The number of aromatic nitrogens is 2. The number of ketones is 1. The second kappa shape index (κ2) is 6.38. The topological polar surface area (TPSA) is 76.3 Å². The molecule has 29 heavy (non-hydrogen) atoms. The Kier molecular flexibility index (Phi) is 3.81. The van der Waals surface area contributed by atoms with Gasteiger partial charge in [-0.1, -0.05) is 36.4 Å². The van der Waals surface area contributed by atoms with Crippen molar-refractivity contribution in [3.8, 4) is 0 Å². The Hall–Kier alpha value is -3.80. The summed E-state index contributed by atoms with van der Waals surface area (Å²) < 4.78 is 2.09. The fourth-order valence-electron chi connectivity index (χ4n) is 4.05. The second-order valence-corrected chi connectivity index (χ2v) is 7.05. The average molecular weight is 382 g/mol. The molecule has 142 valence electrons. The zero-order valence-corrected chi connectivity index (χ0v) is 16.1. The van der Waals surface area contributed by atoms with Crippen molar-refractivity contribution in [1.29, 1.82) is 0 Å². The van der Waals surface area contributed by atoms with Gasteiger partial charge in [0.15, 0.2) is 0 Å².